The van der Waals surface area contributed by atoms with Crippen LogP contribution in [0, 0.1) is 0 Å². The van der Waals surface area contributed by atoms with E-state index in [1.165, 1.54) is 39.3 Å². The number of hydrogen-bond acceptors (Lipinski definition) is 8. The molecule has 2 aromatic carbocycles. The Kier molecular flexibility index (Phi) is 9.74. The van der Waals surface area contributed by atoms with E-state index in [9.17, 15) is 9.59 Å². The van der Waals surface area contributed by atoms with Crippen LogP contribution in [-0.4, -0.2) is 45.2 Å². The Labute approximate surface area is 202 Å². The summed E-state index contributed by atoms with van der Waals surface area (Å²) < 4.78 is 21.5. The van der Waals surface area contributed by atoms with Crippen LogP contribution in [0.5, 0.6) is 23.0 Å². The summed E-state index contributed by atoms with van der Waals surface area (Å²) in [5, 5.41) is 11.1. The molecule has 0 spiro atoms. The van der Waals surface area contributed by atoms with Gasteiger partial charge in [0.15, 0.2) is 17.3 Å². The van der Waals surface area contributed by atoms with Gasteiger partial charge in [0.1, 0.15) is 17.2 Å². The van der Waals surface area contributed by atoms with Crippen molar-refractivity contribution in [1.82, 2.24) is 0 Å². The number of azo groups is 1. The molecule has 2 aromatic rings. The number of ether oxygens (including phenoxy) is 4. The fourth-order valence-electron chi connectivity index (χ4n) is 2.77. The number of nitrogens with zero attached hydrogens (tertiary/aromatic N) is 2. The van der Waals surface area contributed by atoms with E-state index >= 15 is 0 Å². The lowest BCUT2D eigenvalue weighted by molar-refractivity contribution is -0.126. The van der Waals surface area contributed by atoms with E-state index in [1.807, 2.05) is 6.92 Å². The quantitative estimate of drug-likeness (QED) is 0.324. The molecule has 11 heteroatoms. The molecule has 2 rings (SSSR count). The Hall–Kier alpha value is -3.04. The number of methoxy groups -OCH3 is 2. The van der Waals surface area contributed by atoms with Crippen molar-refractivity contribution in [3.05, 3.63) is 34.3 Å². The molecule has 0 saturated carbocycles. The lowest BCUT2D eigenvalue weighted by atomic mass is 10.2. The van der Waals surface area contributed by atoms with Crippen molar-refractivity contribution in [3.8, 4) is 23.0 Å². The summed E-state index contributed by atoms with van der Waals surface area (Å²) in [7, 11) is 2.85. The normalized spacial score (nSPS) is 11.7. The van der Waals surface area contributed by atoms with E-state index in [0.717, 1.165) is 0 Å². The first-order valence-electron chi connectivity index (χ1n) is 9.98. The number of hydrogen-bond donors (Lipinski definition) is 1. The molecule has 0 aliphatic carbocycles. The van der Waals surface area contributed by atoms with Crippen molar-refractivity contribution in [2.75, 3.05) is 32.8 Å². The smallest absolute Gasteiger partial charge is 0.258 e. The average Bonchev–Trinajstić information content (AvgIpc) is 2.76. The Bertz CT molecular complexity index is 1050. The number of benzene rings is 2. The van der Waals surface area contributed by atoms with Crippen molar-refractivity contribution >= 4 is 46.3 Å². The summed E-state index contributed by atoms with van der Waals surface area (Å²) in [6.45, 7) is 5.62. The Morgan fingerprint density at radius 3 is 2.21 bits per heavy atom. The molecule has 0 aliphatic heterocycles. The summed E-state index contributed by atoms with van der Waals surface area (Å²) >= 11 is 12.4. The van der Waals surface area contributed by atoms with E-state index in [-0.39, 0.29) is 27.2 Å². The third-order valence-electron chi connectivity index (χ3n) is 4.24. The van der Waals surface area contributed by atoms with E-state index < -0.39 is 17.7 Å². The summed E-state index contributed by atoms with van der Waals surface area (Å²) in [6, 6.07) is 4.66. The van der Waals surface area contributed by atoms with Crippen LogP contribution in [-0.2, 0) is 9.59 Å². The number of nitrogens with one attached hydrogen (secondary N) is 1. The lowest BCUT2D eigenvalue weighted by Gasteiger charge is -2.15. The Balaban J connectivity index is 2.37. The molecule has 9 nitrogen and oxygen atoms in total. The first-order chi connectivity index (χ1) is 15.7. The summed E-state index contributed by atoms with van der Waals surface area (Å²) in [5.74, 6) is 0.107. The zero-order valence-corrected chi connectivity index (χ0v) is 20.4. The fraction of sp³-hybridized carbons (Fsp3) is 0.364. The van der Waals surface area contributed by atoms with Gasteiger partial charge >= 0.3 is 0 Å². The van der Waals surface area contributed by atoms with E-state index in [0.29, 0.717) is 30.5 Å². The molecule has 0 aromatic heterocycles. The van der Waals surface area contributed by atoms with Gasteiger partial charge in [-0.25, -0.2) is 0 Å². The maximum atomic E-state index is 12.9. The van der Waals surface area contributed by atoms with Gasteiger partial charge in [-0.15, -0.1) is 0 Å². The van der Waals surface area contributed by atoms with Crippen LogP contribution >= 0.6 is 23.2 Å². The minimum Gasteiger partial charge on any atom is -0.497 e. The third kappa shape index (κ3) is 6.72. The van der Waals surface area contributed by atoms with Gasteiger partial charge in [0.05, 0.1) is 43.2 Å². The maximum Gasteiger partial charge on any atom is 0.258 e. The van der Waals surface area contributed by atoms with Crippen molar-refractivity contribution in [3.63, 3.8) is 0 Å². The van der Waals surface area contributed by atoms with Crippen LogP contribution in [0.15, 0.2) is 34.5 Å². The molecule has 0 bridgehead atoms. The topological polar surface area (TPSA) is 108 Å². The zero-order valence-electron chi connectivity index (χ0n) is 18.9. The number of ketones is 1. The summed E-state index contributed by atoms with van der Waals surface area (Å²) in [6.07, 6.45) is 0. The van der Waals surface area contributed by atoms with Gasteiger partial charge in [0, 0.05) is 18.2 Å². The molecular formula is C22H25Cl2N3O6. The molecule has 0 saturated heterocycles. The lowest BCUT2D eigenvalue weighted by Crippen LogP contribution is -2.32. The first kappa shape index (κ1) is 26.2. The second-order valence-electron chi connectivity index (χ2n) is 6.52. The van der Waals surface area contributed by atoms with Crippen LogP contribution in [0.1, 0.15) is 20.8 Å². The highest BCUT2D eigenvalue weighted by atomic mass is 35.5. The number of carbonyl (C=O) groups is 2. The minimum absolute atomic E-state index is 0.210. The van der Waals surface area contributed by atoms with Crippen molar-refractivity contribution in [1.29, 1.82) is 0 Å². The number of rotatable bonds is 11. The van der Waals surface area contributed by atoms with E-state index in [4.69, 9.17) is 42.1 Å². The van der Waals surface area contributed by atoms with Crippen LogP contribution in [0.4, 0.5) is 11.4 Å². The van der Waals surface area contributed by atoms with Crippen molar-refractivity contribution in [2.24, 2.45) is 10.2 Å². The highest BCUT2D eigenvalue weighted by molar-refractivity contribution is 6.33. The van der Waals surface area contributed by atoms with Gasteiger partial charge in [-0.05, 0) is 26.8 Å². The molecule has 1 atom stereocenters. The molecule has 1 unspecified atom stereocenters. The van der Waals surface area contributed by atoms with E-state index in [1.54, 1.807) is 13.0 Å². The molecule has 0 fully saturated rings. The third-order valence-corrected chi connectivity index (χ3v) is 4.82. The van der Waals surface area contributed by atoms with Gasteiger partial charge in [-0.3, -0.25) is 9.59 Å². The standard InChI is InChI=1S/C22H25Cl2N3O6/c1-6-32-18-11-19(33-7-2)16(10-14(18)23)26-27-20(12(3)28)22(29)25-17-9-13(30-4)8-15(24)21(17)31-5/h8-11,20H,6-7H2,1-5H3,(H,25,29). The maximum absolute atomic E-state index is 12.9. The first-order valence-corrected chi connectivity index (χ1v) is 10.7. The van der Waals surface area contributed by atoms with Crippen LogP contribution in [0.2, 0.25) is 10.0 Å². The zero-order chi connectivity index (χ0) is 24.5. The number of carbonyl (C=O) groups excluding carboxylic acids is 2. The molecule has 1 N–H and O–H groups in total. The molecule has 0 aliphatic rings. The second-order valence-corrected chi connectivity index (χ2v) is 7.34. The van der Waals surface area contributed by atoms with Crippen molar-refractivity contribution < 1.29 is 28.5 Å². The molecule has 0 heterocycles. The van der Waals surface area contributed by atoms with Gasteiger partial charge in [0.25, 0.3) is 5.91 Å². The molecular weight excluding hydrogens is 473 g/mol. The van der Waals surface area contributed by atoms with Gasteiger partial charge in [-0.1, -0.05) is 23.2 Å². The molecule has 178 valence electrons. The van der Waals surface area contributed by atoms with E-state index in [2.05, 4.69) is 15.5 Å². The largest absolute Gasteiger partial charge is 0.497 e. The number of Topliss-reactive ketones (excluding diaryl/α,β-unsaturated/α-hetero) is 1. The Morgan fingerprint density at radius 1 is 0.970 bits per heavy atom. The molecule has 0 radical (unpaired) electrons. The second kappa shape index (κ2) is 12.3. The van der Waals surface area contributed by atoms with Crippen LogP contribution < -0.4 is 24.3 Å². The average molecular weight is 498 g/mol. The number of amides is 1. The molecule has 1 amide bonds. The van der Waals surface area contributed by atoms with Crippen LogP contribution in [0.25, 0.3) is 0 Å². The summed E-state index contributed by atoms with van der Waals surface area (Å²) in [5.41, 5.74) is 0.457. The van der Waals surface area contributed by atoms with Gasteiger partial charge in [0.2, 0.25) is 6.04 Å². The summed E-state index contributed by atoms with van der Waals surface area (Å²) in [4.78, 5) is 25.1. The monoisotopic (exact) mass is 497 g/mol. The van der Waals surface area contributed by atoms with Crippen LogP contribution in [0.3, 0.4) is 0 Å². The predicted octanol–water partition coefficient (Wildman–Crippen LogP) is 5.49. The minimum atomic E-state index is -1.44. The highest BCUT2D eigenvalue weighted by Crippen LogP contribution is 2.39. The number of halogens is 2. The SMILES string of the molecule is CCOc1cc(OCC)c(N=NC(C(C)=O)C(=O)Nc2cc(OC)cc(Cl)c2OC)cc1Cl. The van der Waals surface area contributed by atoms with Gasteiger partial charge in [-0.2, -0.15) is 10.2 Å². The number of anilines is 1. The van der Waals surface area contributed by atoms with Gasteiger partial charge < -0.3 is 24.3 Å². The Morgan fingerprint density at radius 2 is 1.64 bits per heavy atom. The predicted molar refractivity (Wildman–Crippen MR) is 126 cm³/mol. The highest BCUT2D eigenvalue weighted by Gasteiger charge is 2.25. The molecule has 33 heavy (non-hydrogen) atoms. The van der Waals surface area contributed by atoms with Crippen molar-refractivity contribution in [2.45, 2.75) is 26.8 Å². The fourth-order valence-corrected chi connectivity index (χ4v) is 3.26.